The normalized spacial score (nSPS) is 23.9. The SMILES string of the molecule is O=C1CC=C(F)C2=CN([C@@H](CC3CCCCC3)C(=O)Nc3ncc(Cl)s3)CC12. The van der Waals surface area contributed by atoms with Gasteiger partial charge in [0.2, 0.25) is 5.91 Å². The molecule has 1 amide bonds. The minimum Gasteiger partial charge on any atom is -0.364 e. The molecule has 0 spiro atoms. The van der Waals surface area contributed by atoms with Crippen LogP contribution in [0.2, 0.25) is 4.34 Å². The van der Waals surface area contributed by atoms with Gasteiger partial charge >= 0.3 is 0 Å². The Morgan fingerprint density at radius 3 is 2.86 bits per heavy atom. The number of nitrogens with zero attached hydrogens (tertiary/aromatic N) is 2. The van der Waals surface area contributed by atoms with Gasteiger partial charge in [-0.3, -0.25) is 9.59 Å². The summed E-state index contributed by atoms with van der Waals surface area (Å²) in [5.41, 5.74) is 0.412. The van der Waals surface area contributed by atoms with Crippen molar-refractivity contribution in [3.63, 3.8) is 0 Å². The fourth-order valence-corrected chi connectivity index (χ4v) is 5.25. The van der Waals surface area contributed by atoms with E-state index in [4.69, 9.17) is 11.6 Å². The van der Waals surface area contributed by atoms with Crippen molar-refractivity contribution in [1.29, 1.82) is 0 Å². The lowest BCUT2D eigenvalue weighted by Gasteiger charge is -2.32. The Balaban J connectivity index is 1.55. The Bertz CT molecular complexity index is 831. The average molecular weight is 424 g/mol. The van der Waals surface area contributed by atoms with Crippen LogP contribution in [0.1, 0.15) is 44.9 Å². The van der Waals surface area contributed by atoms with Gasteiger partial charge in [-0.1, -0.05) is 55.0 Å². The Kier molecular flexibility index (Phi) is 5.83. The van der Waals surface area contributed by atoms with E-state index in [0.29, 0.717) is 33.9 Å². The highest BCUT2D eigenvalue weighted by Crippen LogP contribution is 2.37. The first-order valence-electron chi connectivity index (χ1n) is 9.79. The van der Waals surface area contributed by atoms with Gasteiger partial charge in [-0.05, 0) is 18.4 Å². The number of anilines is 1. The van der Waals surface area contributed by atoms with Gasteiger partial charge in [0.25, 0.3) is 0 Å². The number of Topliss-reactive ketones (excluding diaryl/α,β-unsaturated/α-hetero) is 1. The van der Waals surface area contributed by atoms with Crippen LogP contribution in [0.25, 0.3) is 0 Å². The molecule has 1 N–H and O–H groups in total. The predicted octanol–water partition coefficient (Wildman–Crippen LogP) is 4.72. The van der Waals surface area contributed by atoms with Crippen LogP contribution < -0.4 is 5.32 Å². The maximum absolute atomic E-state index is 14.2. The van der Waals surface area contributed by atoms with Gasteiger partial charge in [0, 0.05) is 24.7 Å². The number of carbonyl (C=O) groups excluding carboxylic acids is 2. The summed E-state index contributed by atoms with van der Waals surface area (Å²) in [6.07, 6.45) is 11.1. The molecule has 2 atom stereocenters. The number of rotatable bonds is 5. The molecule has 1 unspecified atom stereocenters. The van der Waals surface area contributed by atoms with Gasteiger partial charge in [0.15, 0.2) is 5.13 Å². The molecular weight excluding hydrogens is 401 g/mol. The largest absolute Gasteiger partial charge is 0.364 e. The number of hydrogen-bond donors (Lipinski definition) is 1. The van der Waals surface area contributed by atoms with Crippen LogP contribution in [0.3, 0.4) is 0 Å². The summed E-state index contributed by atoms with van der Waals surface area (Å²) in [7, 11) is 0. The van der Waals surface area contributed by atoms with E-state index in [1.165, 1.54) is 42.9 Å². The number of aromatic nitrogens is 1. The summed E-state index contributed by atoms with van der Waals surface area (Å²) in [6.45, 7) is 0.360. The van der Waals surface area contributed by atoms with Crippen LogP contribution in [-0.2, 0) is 9.59 Å². The number of carbonyl (C=O) groups is 2. The molecule has 0 bridgehead atoms. The van der Waals surface area contributed by atoms with Gasteiger partial charge in [-0.15, -0.1) is 0 Å². The molecule has 3 aliphatic rings. The highest BCUT2D eigenvalue weighted by molar-refractivity contribution is 7.19. The van der Waals surface area contributed by atoms with E-state index in [1.807, 2.05) is 4.90 Å². The maximum Gasteiger partial charge on any atom is 0.248 e. The summed E-state index contributed by atoms with van der Waals surface area (Å²) in [5.74, 6) is -0.513. The van der Waals surface area contributed by atoms with Crippen molar-refractivity contribution < 1.29 is 14.0 Å². The quantitative estimate of drug-likeness (QED) is 0.744. The lowest BCUT2D eigenvalue weighted by atomic mass is 9.84. The molecule has 1 aromatic heterocycles. The monoisotopic (exact) mass is 423 g/mol. The van der Waals surface area contributed by atoms with Crippen LogP contribution in [0.5, 0.6) is 0 Å². The molecule has 150 valence electrons. The van der Waals surface area contributed by atoms with Crippen molar-refractivity contribution in [3.8, 4) is 0 Å². The third-order valence-electron chi connectivity index (χ3n) is 5.91. The van der Waals surface area contributed by atoms with Crippen molar-refractivity contribution in [2.24, 2.45) is 11.8 Å². The summed E-state index contributed by atoms with van der Waals surface area (Å²) >= 11 is 7.13. The van der Waals surface area contributed by atoms with Crippen LogP contribution >= 0.6 is 22.9 Å². The van der Waals surface area contributed by atoms with E-state index in [1.54, 1.807) is 6.20 Å². The number of halogens is 2. The zero-order valence-corrected chi connectivity index (χ0v) is 17.1. The molecule has 0 radical (unpaired) electrons. The number of ketones is 1. The first kappa shape index (κ1) is 19.6. The lowest BCUT2D eigenvalue weighted by Crippen LogP contribution is -2.43. The average Bonchev–Trinajstić information content (AvgIpc) is 3.31. The minimum absolute atomic E-state index is 0.0127. The summed E-state index contributed by atoms with van der Waals surface area (Å²) in [5, 5.41) is 3.31. The van der Waals surface area contributed by atoms with E-state index in [0.717, 1.165) is 12.8 Å². The Morgan fingerprint density at radius 1 is 1.39 bits per heavy atom. The topological polar surface area (TPSA) is 62.3 Å². The van der Waals surface area contributed by atoms with E-state index >= 15 is 0 Å². The number of allylic oxidation sites excluding steroid dienone is 2. The van der Waals surface area contributed by atoms with Crippen LogP contribution in [0.4, 0.5) is 9.52 Å². The Labute approximate surface area is 172 Å². The van der Waals surface area contributed by atoms with Gasteiger partial charge in [0.1, 0.15) is 22.0 Å². The van der Waals surface area contributed by atoms with Gasteiger partial charge in [-0.2, -0.15) is 0 Å². The van der Waals surface area contributed by atoms with Gasteiger partial charge < -0.3 is 10.2 Å². The molecule has 2 aliphatic carbocycles. The van der Waals surface area contributed by atoms with Crippen LogP contribution in [0, 0.1) is 11.8 Å². The zero-order valence-electron chi connectivity index (χ0n) is 15.5. The van der Waals surface area contributed by atoms with Crippen LogP contribution in [0.15, 0.2) is 29.9 Å². The molecule has 4 rings (SSSR count). The smallest absolute Gasteiger partial charge is 0.248 e. The lowest BCUT2D eigenvalue weighted by molar-refractivity contribution is -0.124. The standard InChI is InChI=1S/C20H23ClFN3O2S/c21-18-9-23-20(28-18)24-19(27)16(8-12-4-2-1-3-5-12)25-10-13-14(11-25)17(26)7-6-15(13)22/h6,9-10,12,14,16H,1-5,7-8,11H2,(H,23,24,27)/t14?,16-/m0/s1. The zero-order chi connectivity index (χ0) is 19.7. The second kappa shape index (κ2) is 8.33. The summed E-state index contributed by atoms with van der Waals surface area (Å²) in [4.78, 5) is 31.3. The first-order chi connectivity index (χ1) is 13.5. The molecule has 8 heteroatoms. The number of nitrogens with one attached hydrogen (secondary N) is 1. The molecule has 1 aliphatic heterocycles. The highest BCUT2D eigenvalue weighted by atomic mass is 35.5. The fraction of sp³-hybridized carbons (Fsp3) is 0.550. The minimum atomic E-state index is -0.471. The summed E-state index contributed by atoms with van der Waals surface area (Å²) in [6, 6.07) is -0.454. The predicted molar refractivity (Wildman–Crippen MR) is 108 cm³/mol. The second-order valence-electron chi connectivity index (χ2n) is 7.77. The van der Waals surface area contributed by atoms with E-state index in [9.17, 15) is 14.0 Å². The molecule has 1 saturated carbocycles. The number of hydrogen-bond acceptors (Lipinski definition) is 5. The highest BCUT2D eigenvalue weighted by Gasteiger charge is 2.39. The molecule has 1 aromatic rings. The summed E-state index contributed by atoms with van der Waals surface area (Å²) < 4.78 is 14.8. The fourth-order valence-electron chi connectivity index (χ4n) is 4.43. The third kappa shape index (κ3) is 4.15. The first-order valence-corrected chi connectivity index (χ1v) is 11.0. The van der Waals surface area contributed by atoms with E-state index < -0.39 is 12.0 Å². The molecule has 2 heterocycles. The molecule has 5 nitrogen and oxygen atoms in total. The Hall–Kier alpha value is -1.73. The molecular formula is C20H23ClFN3O2S. The maximum atomic E-state index is 14.2. The van der Waals surface area contributed by atoms with Gasteiger partial charge in [0.05, 0.1) is 12.1 Å². The van der Waals surface area contributed by atoms with Crippen molar-refractivity contribution in [2.75, 3.05) is 11.9 Å². The molecule has 1 fully saturated rings. The Morgan fingerprint density at radius 2 is 2.18 bits per heavy atom. The molecule has 0 aromatic carbocycles. The van der Waals surface area contributed by atoms with Crippen molar-refractivity contribution in [2.45, 2.75) is 51.0 Å². The van der Waals surface area contributed by atoms with Gasteiger partial charge in [-0.25, -0.2) is 9.37 Å². The second-order valence-corrected chi connectivity index (χ2v) is 9.43. The van der Waals surface area contributed by atoms with E-state index in [-0.39, 0.29) is 23.9 Å². The number of thiazole rings is 1. The third-order valence-corrected chi connectivity index (χ3v) is 6.94. The van der Waals surface area contributed by atoms with Crippen molar-refractivity contribution in [3.05, 3.63) is 34.2 Å². The number of fused-ring (bicyclic) bond motifs is 1. The van der Waals surface area contributed by atoms with Crippen LogP contribution in [-0.4, -0.2) is 34.2 Å². The van der Waals surface area contributed by atoms with Crippen molar-refractivity contribution >= 4 is 39.8 Å². The van der Waals surface area contributed by atoms with Crippen molar-refractivity contribution in [1.82, 2.24) is 9.88 Å². The molecule has 28 heavy (non-hydrogen) atoms. The van der Waals surface area contributed by atoms with E-state index in [2.05, 4.69) is 10.3 Å². The molecule has 0 saturated heterocycles. The number of amides is 1.